The third kappa shape index (κ3) is 4.15. The quantitative estimate of drug-likeness (QED) is 0.771. The van der Waals surface area contributed by atoms with Gasteiger partial charge in [0, 0.05) is 5.56 Å². The van der Waals surface area contributed by atoms with Gasteiger partial charge in [-0.25, -0.2) is 0 Å². The standard InChI is InChI=1S/C17H20N2O3/c1-3-21-15-11-10-13(12-16(15)22-4-2)17(20)19-18-14-8-6-5-7-9-14/h5-12,18H,3-4H2,1-2H3,(H,19,20). The number of carbonyl (C=O) groups excluding carboxylic acids is 1. The molecule has 0 radical (unpaired) electrons. The fraction of sp³-hybridized carbons (Fsp3) is 0.235. The van der Waals surface area contributed by atoms with Crippen molar-refractivity contribution in [2.75, 3.05) is 18.6 Å². The van der Waals surface area contributed by atoms with E-state index < -0.39 is 0 Å². The fourth-order valence-electron chi connectivity index (χ4n) is 1.91. The van der Waals surface area contributed by atoms with Crippen LogP contribution in [0.2, 0.25) is 0 Å². The van der Waals surface area contributed by atoms with Gasteiger partial charge in [0.15, 0.2) is 11.5 Å². The summed E-state index contributed by atoms with van der Waals surface area (Å²) in [6.07, 6.45) is 0. The van der Waals surface area contributed by atoms with E-state index in [-0.39, 0.29) is 5.91 Å². The molecule has 0 heterocycles. The number of ether oxygens (including phenoxy) is 2. The van der Waals surface area contributed by atoms with E-state index in [9.17, 15) is 4.79 Å². The number of anilines is 1. The van der Waals surface area contributed by atoms with Gasteiger partial charge >= 0.3 is 0 Å². The molecule has 0 unspecified atom stereocenters. The van der Waals surface area contributed by atoms with Gasteiger partial charge < -0.3 is 9.47 Å². The van der Waals surface area contributed by atoms with E-state index in [1.165, 1.54) is 0 Å². The molecule has 0 spiro atoms. The van der Waals surface area contributed by atoms with Gasteiger partial charge in [0.05, 0.1) is 18.9 Å². The number of rotatable bonds is 7. The smallest absolute Gasteiger partial charge is 0.269 e. The number of benzene rings is 2. The molecule has 116 valence electrons. The van der Waals surface area contributed by atoms with Crippen molar-refractivity contribution >= 4 is 11.6 Å². The van der Waals surface area contributed by atoms with Gasteiger partial charge in [0.2, 0.25) is 0 Å². The molecule has 0 fully saturated rings. The first kappa shape index (κ1) is 15.7. The average molecular weight is 300 g/mol. The molecule has 0 atom stereocenters. The lowest BCUT2D eigenvalue weighted by molar-refractivity contribution is 0.0962. The van der Waals surface area contributed by atoms with Crippen LogP contribution in [0.15, 0.2) is 48.5 Å². The van der Waals surface area contributed by atoms with Crippen LogP contribution in [-0.4, -0.2) is 19.1 Å². The van der Waals surface area contributed by atoms with Crippen LogP contribution in [0.1, 0.15) is 24.2 Å². The molecule has 2 aromatic carbocycles. The minimum Gasteiger partial charge on any atom is -0.490 e. The van der Waals surface area contributed by atoms with Crippen LogP contribution < -0.4 is 20.3 Å². The first-order chi connectivity index (χ1) is 10.7. The van der Waals surface area contributed by atoms with Gasteiger partial charge in [0.25, 0.3) is 5.91 Å². The summed E-state index contributed by atoms with van der Waals surface area (Å²) in [5.74, 6) is 0.960. The lowest BCUT2D eigenvalue weighted by Crippen LogP contribution is -2.29. The Bertz CT molecular complexity index is 615. The summed E-state index contributed by atoms with van der Waals surface area (Å²) in [6, 6.07) is 14.5. The van der Waals surface area contributed by atoms with Gasteiger partial charge in [-0.2, -0.15) is 0 Å². The molecule has 0 aromatic heterocycles. The van der Waals surface area contributed by atoms with Crippen molar-refractivity contribution in [3.05, 3.63) is 54.1 Å². The number of para-hydroxylation sites is 1. The van der Waals surface area contributed by atoms with E-state index in [1.54, 1.807) is 18.2 Å². The van der Waals surface area contributed by atoms with Gasteiger partial charge in [-0.05, 0) is 44.2 Å². The maximum Gasteiger partial charge on any atom is 0.269 e. The Balaban J connectivity index is 2.07. The first-order valence-electron chi connectivity index (χ1n) is 7.25. The van der Waals surface area contributed by atoms with Crippen LogP contribution in [0.3, 0.4) is 0 Å². The molecular weight excluding hydrogens is 280 g/mol. The highest BCUT2D eigenvalue weighted by Gasteiger charge is 2.11. The predicted molar refractivity (Wildman–Crippen MR) is 86.3 cm³/mol. The number of hydrogen-bond acceptors (Lipinski definition) is 4. The topological polar surface area (TPSA) is 59.6 Å². The highest BCUT2D eigenvalue weighted by Crippen LogP contribution is 2.28. The zero-order valence-corrected chi connectivity index (χ0v) is 12.8. The van der Waals surface area contributed by atoms with E-state index in [4.69, 9.17) is 9.47 Å². The van der Waals surface area contributed by atoms with Crippen molar-refractivity contribution in [1.29, 1.82) is 0 Å². The molecule has 0 aliphatic heterocycles. The van der Waals surface area contributed by atoms with Crippen molar-refractivity contribution in [2.24, 2.45) is 0 Å². The lowest BCUT2D eigenvalue weighted by Gasteiger charge is -2.13. The summed E-state index contributed by atoms with van der Waals surface area (Å²) < 4.78 is 11.0. The first-order valence-corrected chi connectivity index (χ1v) is 7.25. The van der Waals surface area contributed by atoms with Crippen molar-refractivity contribution in [1.82, 2.24) is 5.43 Å². The number of carbonyl (C=O) groups is 1. The van der Waals surface area contributed by atoms with Crippen LogP contribution >= 0.6 is 0 Å². The van der Waals surface area contributed by atoms with E-state index in [0.29, 0.717) is 30.3 Å². The Morgan fingerprint density at radius 1 is 0.955 bits per heavy atom. The highest BCUT2D eigenvalue weighted by molar-refractivity contribution is 5.95. The molecule has 22 heavy (non-hydrogen) atoms. The van der Waals surface area contributed by atoms with E-state index in [1.807, 2.05) is 44.2 Å². The van der Waals surface area contributed by atoms with Crippen LogP contribution in [0, 0.1) is 0 Å². The Kier molecular flexibility index (Phi) is 5.65. The third-order valence-corrected chi connectivity index (χ3v) is 2.90. The largest absolute Gasteiger partial charge is 0.490 e. The number of hydrazine groups is 1. The summed E-state index contributed by atoms with van der Waals surface area (Å²) >= 11 is 0. The van der Waals surface area contributed by atoms with E-state index >= 15 is 0 Å². The van der Waals surface area contributed by atoms with E-state index in [2.05, 4.69) is 10.9 Å². The molecule has 5 heteroatoms. The minimum absolute atomic E-state index is 0.243. The molecule has 2 rings (SSSR count). The summed E-state index contributed by atoms with van der Waals surface area (Å²) in [5, 5.41) is 0. The zero-order chi connectivity index (χ0) is 15.8. The second-order valence-corrected chi connectivity index (χ2v) is 4.47. The molecule has 1 amide bonds. The number of hydrogen-bond donors (Lipinski definition) is 2. The summed E-state index contributed by atoms with van der Waals surface area (Å²) in [7, 11) is 0. The number of nitrogens with one attached hydrogen (secondary N) is 2. The summed E-state index contributed by atoms with van der Waals surface area (Å²) in [6.45, 7) is 4.84. The van der Waals surface area contributed by atoms with Gasteiger partial charge in [0.1, 0.15) is 0 Å². The molecule has 0 bridgehead atoms. The SMILES string of the molecule is CCOc1ccc(C(=O)NNc2ccccc2)cc1OCC. The fourth-order valence-corrected chi connectivity index (χ4v) is 1.91. The molecule has 2 N–H and O–H groups in total. The molecule has 0 aliphatic carbocycles. The lowest BCUT2D eigenvalue weighted by atomic mass is 10.2. The summed E-state index contributed by atoms with van der Waals surface area (Å²) in [4.78, 5) is 12.2. The minimum atomic E-state index is -0.243. The second-order valence-electron chi connectivity index (χ2n) is 4.47. The normalized spacial score (nSPS) is 9.91. The van der Waals surface area contributed by atoms with Crippen LogP contribution in [0.5, 0.6) is 11.5 Å². The Morgan fingerprint density at radius 2 is 1.64 bits per heavy atom. The Hall–Kier alpha value is -2.69. The summed E-state index contributed by atoms with van der Waals surface area (Å²) in [5.41, 5.74) is 6.82. The van der Waals surface area contributed by atoms with Crippen molar-refractivity contribution in [3.8, 4) is 11.5 Å². The molecule has 2 aromatic rings. The second kappa shape index (κ2) is 7.93. The Morgan fingerprint density at radius 3 is 2.32 bits per heavy atom. The van der Waals surface area contributed by atoms with Crippen LogP contribution in [0.25, 0.3) is 0 Å². The van der Waals surface area contributed by atoms with Crippen LogP contribution in [-0.2, 0) is 0 Å². The predicted octanol–water partition coefficient (Wildman–Crippen LogP) is 3.24. The van der Waals surface area contributed by atoms with Gasteiger partial charge in [-0.3, -0.25) is 15.6 Å². The molecule has 0 saturated heterocycles. The maximum atomic E-state index is 12.2. The van der Waals surface area contributed by atoms with Gasteiger partial charge in [-0.1, -0.05) is 18.2 Å². The van der Waals surface area contributed by atoms with Crippen molar-refractivity contribution in [2.45, 2.75) is 13.8 Å². The monoisotopic (exact) mass is 300 g/mol. The van der Waals surface area contributed by atoms with Crippen LogP contribution in [0.4, 0.5) is 5.69 Å². The molecule has 0 aliphatic rings. The molecular formula is C17H20N2O3. The number of amides is 1. The maximum absolute atomic E-state index is 12.2. The zero-order valence-electron chi connectivity index (χ0n) is 12.8. The third-order valence-electron chi connectivity index (χ3n) is 2.90. The van der Waals surface area contributed by atoms with Crippen molar-refractivity contribution in [3.63, 3.8) is 0 Å². The average Bonchev–Trinajstić information content (AvgIpc) is 2.55. The van der Waals surface area contributed by atoms with E-state index in [0.717, 1.165) is 5.69 Å². The van der Waals surface area contributed by atoms with Gasteiger partial charge in [-0.15, -0.1) is 0 Å². The molecule has 0 saturated carbocycles. The van der Waals surface area contributed by atoms with Crippen molar-refractivity contribution < 1.29 is 14.3 Å². The molecule has 5 nitrogen and oxygen atoms in total. The Labute approximate surface area is 130 Å². The highest BCUT2D eigenvalue weighted by atomic mass is 16.5.